The van der Waals surface area contributed by atoms with Gasteiger partial charge in [0.15, 0.2) is 0 Å². The molecule has 1 saturated heterocycles. The van der Waals surface area contributed by atoms with Gasteiger partial charge in [0.05, 0.1) is 24.2 Å². The number of sulfonamides is 1. The van der Waals surface area contributed by atoms with Crippen LogP contribution in [0.1, 0.15) is 23.5 Å². The molecule has 1 fully saturated rings. The molecule has 8 heteroatoms. The van der Waals surface area contributed by atoms with E-state index >= 15 is 0 Å². The Morgan fingerprint density at radius 2 is 1.76 bits per heavy atom. The van der Waals surface area contributed by atoms with Crippen molar-refractivity contribution in [2.45, 2.75) is 30.8 Å². The third-order valence-electron chi connectivity index (χ3n) is 6.33. The summed E-state index contributed by atoms with van der Waals surface area (Å²) in [5.41, 5.74) is 0. The molecule has 176 valence electrons. The molecule has 5 rings (SSSR count). The van der Waals surface area contributed by atoms with E-state index in [1.807, 2.05) is 64.9 Å². The molecule has 0 saturated carbocycles. The van der Waals surface area contributed by atoms with E-state index in [0.29, 0.717) is 43.9 Å². The lowest BCUT2D eigenvalue weighted by Gasteiger charge is -2.33. The van der Waals surface area contributed by atoms with Crippen molar-refractivity contribution in [2.75, 3.05) is 13.1 Å². The van der Waals surface area contributed by atoms with Crippen molar-refractivity contribution in [3.63, 3.8) is 0 Å². The zero-order valence-electron chi connectivity index (χ0n) is 18.7. The van der Waals surface area contributed by atoms with E-state index in [4.69, 9.17) is 4.42 Å². The summed E-state index contributed by atoms with van der Waals surface area (Å²) in [6, 6.07) is 20.6. The molecule has 0 atom stereocenters. The summed E-state index contributed by atoms with van der Waals surface area (Å²) < 4.78 is 33.6. The van der Waals surface area contributed by atoms with Crippen LogP contribution in [0.15, 0.2) is 87.7 Å². The van der Waals surface area contributed by atoms with Gasteiger partial charge in [0.2, 0.25) is 15.9 Å². The van der Waals surface area contributed by atoms with Gasteiger partial charge >= 0.3 is 0 Å². The second kappa shape index (κ2) is 9.74. The first kappa shape index (κ1) is 22.8. The first-order valence-electron chi connectivity index (χ1n) is 11.3. The Labute approximate surface area is 203 Å². The number of rotatable bonds is 7. The van der Waals surface area contributed by atoms with E-state index in [-0.39, 0.29) is 11.8 Å². The number of thiophene rings is 1. The molecule has 1 aliphatic heterocycles. The minimum Gasteiger partial charge on any atom is -0.467 e. The van der Waals surface area contributed by atoms with Crippen molar-refractivity contribution in [1.29, 1.82) is 0 Å². The number of amides is 1. The molecule has 1 aliphatic rings. The standard InChI is InChI=1S/C26H26N2O4S2/c29-26(27(18-23-7-3-15-32-23)19-24-8-4-16-33-24)21-11-13-28(14-12-21)34(30,31)25-10-9-20-5-1-2-6-22(20)17-25/h1-10,15-17,21H,11-14,18-19H2. The number of nitrogens with zero attached hydrogens (tertiary/aromatic N) is 2. The average Bonchev–Trinajstić information content (AvgIpc) is 3.57. The van der Waals surface area contributed by atoms with Crippen LogP contribution < -0.4 is 0 Å². The lowest BCUT2D eigenvalue weighted by atomic mass is 9.96. The second-order valence-electron chi connectivity index (χ2n) is 8.54. The average molecular weight is 495 g/mol. The lowest BCUT2D eigenvalue weighted by Crippen LogP contribution is -2.44. The van der Waals surface area contributed by atoms with Crippen LogP contribution in [-0.2, 0) is 27.9 Å². The molecule has 0 aliphatic carbocycles. The highest BCUT2D eigenvalue weighted by molar-refractivity contribution is 7.89. The molecule has 1 amide bonds. The fourth-order valence-corrected chi connectivity index (χ4v) is 6.70. The number of benzene rings is 2. The van der Waals surface area contributed by atoms with Gasteiger partial charge in [-0.15, -0.1) is 11.3 Å². The Morgan fingerprint density at radius 1 is 0.971 bits per heavy atom. The van der Waals surface area contributed by atoms with Gasteiger partial charge in [-0.2, -0.15) is 4.31 Å². The fraction of sp³-hybridized carbons (Fsp3) is 0.269. The van der Waals surface area contributed by atoms with Gasteiger partial charge in [0.1, 0.15) is 5.76 Å². The monoisotopic (exact) mass is 494 g/mol. The molecule has 6 nitrogen and oxygen atoms in total. The summed E-state index contributed by atoms with van der Waals surface area (Å²) in [5.74, 6) is 0.576. The topological polar surface area (TPSA) is 70.8 Å². The van der Waals surface area contributed by atoms with Gasteiger partial charge in [-0.3, -0.25) is 4.79 Å². The van der Waals surface area contributed by atoms with Crippen LogP contribution in [-0.4, -0.2) is 36.6 Å². The molecule has 2 aromatic carbocycles. The number of hydrogen-bond acceptors (Lipinski definition) is 5. The van der Waals surface area contributed by atoms with Gasteiger partial charge < -0.3 is 9.32 Å². The van der Waals surface area contributed by atoms with Crippen LogP contribution in [0.5, 0.6) is 0 Å². The van der Waals surface area contributed by atoms with Crippen molar-refractivity contribution < 1.29 is 17.6 Å². The van der Waals surface area contributed by atoms with E-state index in [1.165, 1.54) is 4.31 Å². The van der Waals surface area contributed by atoms with E-state index < -0.39 is 10.0 Å². The molecule has 0 unspecified atom stereocenters. The van der Waals surface area contributed by atoms with Crippen LogP contribution >= 0.6 is 11.3 Å². The largest absolute Gasteiger partial charge is 0.467 e. The van der Waals surface area contributed by atoms with Crippen LogP contribution in [0, 0.1) is 5.92 Å². The molecule has 3 heterocycles. The van der Waals surface area contributed by atoms with Crippen LogP contribution in [0.3, 0.4) is 0 Å². The van der Waals surface area contributed by atoms with E-state index in [1.54, 1.807) is 29.7 Å². The van der Waals surface area contributed by atoms with E-state index in [2.05, 4.69) is 0 Å². The number of piperidine rings is 1. The van der Waals surface area contributed by atoms with Crippen molar-refractivity contribution >= 4 is 38.0 Å². The first-order valence-corrected chi connectivity index (χ1v) is 13.7. The highest BCUT2D eigenvalue weighted by Gasteiger charge is 2.34. The Hall–Kier alpha value is -2.94. The number of hydrogen-bond donors (Lipinski definition) is 0. The van der Waals surface area contributed by atoms with Gasteiger partial charge in [-0.1, -0.05) is 36.4 Å². The summed E-state index contributed by atoms with van der Waals surface area (Å²) in [4.78, 5) is 16.7. The Bertz CT molecular complexity index is 1320. The molecule has 0 radical (unpaired) electrons. The zero-order chi connectivity index (χ0) is 23.5. The molecule has 0 N–H and O–H groups in total. The quantitative estimate of drug-likeness (QED) is 0.357. The third kappa shape index (κ3) is 4.80. The highest BCUT2D eigenvalue weighted by Crippen LogP contribution is 2.28. The van der Waals surface area contributed by atoms with Crippen LogP contribution in [0.2, 0.25) is 0 Å². The summed E-state index contributed by atoms with van der Waals surface area (Å²) in [6.45, 7) is 1.59. The first-order chi connectivity index (χ1) is 16.5. The molecule has 0 bridgehead atoms. The normalized spacial score (nSPS) is 15.5. The predicted octanol–water partition coefficient (Wildman–Crippen LogP) is 5.12. The number of furan rings is 1. The van der Waals surface area contributed by atoms with Gasteiger partial charge in [0.25, 0.3) is 0 Å². The number of fused-ring (bicyclic) bond motifs is 1. The van der Waals surface area contributed by atoms with Crippen molar-refractivity contribution in [2.24, 2.45) is 5.92 Å². The third-order valence-corrected chi connectivity index (χ3v) is 9.08. The molecule has 0 spiro atoms. The molecule has 4 aromatic rings. The number of carbonyl (C=O) groups excluding carboxylic acids is 1. The van der Waals surface area contributed by atoms with Gasteiger partial charge in [-0.05, 0) is 59.3 Å². The van der Waals surface area contributed by atoms with Crippen molar-refractivity contribution in [3.05, 3.63) is 89.0 Å². The number of carbonyl (C=O) groups is 1. The van der Waals surface area contributed by atoms with E-state index in [0.717, 1.165) is 21.4 Å². The molecule has 34 heavy (non-hydrogen) atoms. The van der Waals surface area contributed by atoms with Crippen molar-refractivity contribution in [3.8, 4) is 0 Å². The molecular weight excluding hydrogens is 468 g/mol. The summed E-state index contributed by atoms with van der Waals surface area (Å²) in [7, 11) is -3.61. The summed E-state index contributed by atoms with van der Waals surface area (Å²) >= 11 is 1.62. The lowest BCUT2D eigenvalue weighted by molar-refractivity contribution is -0.138. The van der Waals surface area contributed by atoms with Crippen molar-refractivity contribution in [1.82, 2.24) is 9.21 Å². The minimum atomic E-state index is -3.61. The zero-order valence-corrected chi connectivity index (χ0v) is 20.3. The second-order valence-corrected chi connectivity index (χ2v) is 11.5. The van der Waals surface area contributed by atoms with Crippen LogP contribution in [0.25, 0.3) is 10.8 Å². The smallest absolute Gasteiger partial charge is 0.243 e. The maximum absolute atomic E-state index is 13.4. The Morgan fingerprint density at radius 3 is 2.47 bits per heavy atom. The summed E-state index contributed by atoms with van der Waals surface area (Å²) in [5, 5.41) is 3.91. The minimum absolute atomic E-state index is 0.0487. The molecular formula is C26H26N2O4S2. The van der Waals surface area contributed by atoms with E-state index in [9.17, 15) is 13.2 Å². The molecule has 2 aromatic heterocycles. The van der Waals surface area contributed by atoms with Gasteiger partial charge in [-0.25, -0.2) is 8.42 Å². The highest BCUT2D eigenvalue weighted by atomic mass is 32.2. The Balaban J connectivity index is 1.28. The summed E-state index contributed by atoms with van der Waals surface area (Å²) in [6.07, 6.45) is 2.62. The maximum atomic E-state index is 13.4. The Kier molecular flexibility index (Phi) is 6.54. The fourth-order valence-electron chi connectivity index (χ4n) is 4.47. The SMILES string of the molecule is O=C(C1CCN(S(=O)(=O)c2ccc3ccccc3c2)CC1)N(Cc1ccco1)Cc1cccs1. The van der Waals surface area contributed by atoms with Gasteiger partial charge in [0, 0.05) is 23.9 Å². The van der Waals surface area contributed by atoms with Crippen LogP contribution in [0.4, 0.5) is 0 Å². The predicted molar refractivity (Wildman–Crippen MR) is 133 cm³/mol. The maximum Gasteiger partial charge on any atom is 0.243 e.